The quantitative estimate of drug-likeness (QED) is 0.112. The van der Waals surface area contributed by atoms with Gasteiger partial charge in [-0.1, -0.05) is 36.0 Å². The van der Waals surface area contributed by atoms with E-state index in [9.17, 15) is 14.3 Å². The standard InChI is InChI=1S/C19H26N4OS2.C9H14O4.C7H7F.H2S/c1-19(7-8-19)12-23(10-2-9-20-13-24)26-15-5-6-16-17(11-15)25-18(22-16)21-14-3-4-14;1-11-7-4(2-10)8-6-5(7)3-12-9(6)13-8;1-6-2-4-7(8)5-3-6;/h5-6,11,13-14H,2-4,7-10,12H2,1H3,(H,20,24)(H,21,22);4-10H,2-3H2,1H3;2-5H,1H3;1H2. The smallest absolute Gasteiger partial charge is 0.207 e. The fourth-order valence-electron chi connectivity index (χ4n) is 6.56. The highest BCUT2D eigenvalue weighted by Crippen LogP contribution is 2.54. The van der Waals surface area contributed by atoms with Crippen molar-refractivity contribution in [2.75, 3.05) is 45.3 Å². The van der Waals surface area contributed by atoms with Gasteiger partial charge in [0.05, 0.1) is 35.6 Å². The van der Waals surface area contributed by atoms with Crippen LogP contribution in [-0.2, 0) is 19.0 Å². The van der Waals surface area contributed by atoms with Crippen LogP contribution in [-0.4, -0.2) is 85.3 Å². The molecule has 3 heterocycles. The van der Waals surface area contributed by atoms with Crippen LogP contribution in [0.3, 0.4) is 0 Å². The first kappa shape index (κ1) is 37.3. The summed E-state index contributed by atoms with van der Waals surface area (Å²) in [7, 11) is 1.70. The summed E-state index contributed by atoms with van der Waals surface area (Å²) in [5.74, 6) is 0.892. The molecule has 5 fully saturated rings. The third-order valence-electron chi connectivity index (χ3n) is 9.66. The number of fused-ring (bicyclic) bond motifs is 1. The fraction of sp³-hybridized carbons (Fsp3) is 0.600. The number of hydrogen-bond acceptors (Lipinski definition) is 10. The first-order valence-corrected chi connectivity index (χ1v) is 18.3. The van der Waals surface area contributed by atoms with Gasteiger partial charge in [-0.05, 0) is 86.7 Å². The van der Waals surface area contributed by atoms with Gasteiger partial charge in [0.1, 0.15) is 5.82 Å². The van der Waals surface area contributed by atoms with Crippen molar-refractivity contribution in [3.63, 3.8) is 0 Å². The molecule has 1 amide bonds. The number of rotatable bonds is 13. The van der Waals surface area contributed by atoms with Crippen LogP contribution in [0, 0.1) is 35.9 Å². The lowest BCUT2D eigenvalue weighted by atomic mass is 9.92. The number of hydrogen-bond donors (Lipinski definition) is 3. The first-order chi connectivity index (χ1) is 22.8. The highest BCUT2D eigenvalue weighted by molar-refractivity contribution is 7.97. The number of anilines is 1. The van der Waals surface area contributed by atoms with Crippen LogP contribution in [0.5, 0.6) is 0 Å². The molecule has 5 aliphatic rings. The third kappa shape index (κ3) is 9.42. The van der Waals surface area contributed by atoms with Gasteiger partial charge in [0.15, 0.2) is 11.4 Å². The molecular weight excluding hydrogens is 672 g/mol. The monoisotopic (exact) mass is 720 g/mol. The van der Waals surface area contributed by atoms with Crippen molar-refractivity contribution in [2.45, 2.75) is 75.4 Å². The number of halogens is 1. The van der Waals surface area contributed by atoms with Crippen LogP contribution in [0.4, 0.5) is 9.52 Å². The molecule has 0 radical (unpaired) electrons. The molecule has 3 N–H and O–H groups in total. The van der Waals surface area contributed by atoms with Crippen molar-refractivity contribution < 1.29 is 28.5 Å². The Kier molecular flexibility index (Phi) is 13.1. The minimum Gasteiger partial charge on any atom is -0.396 e. The summed E-state index contributed by atoms with van der Waals surface area (Å²) in [5, 5.41) is 16.5. The number of ether oxygens (including phenoxy) is 3. The molecule has 0 spiro atoms. The highest BCUT2D eigenvalue weighted by atomic mass is 32.2. The minimum absolute atomic E-state index is 0. The number of benzene rings is 2. The molecule has 9 nitrogen and oxygen atoms in total. The Balaban J connectivity index is 0.000000169. The third-order valence-corrected chi connectivity index (χ3v) is 11.6. The van der Waals surface area contributed by atoms with Gasteiger partial charge in [-0.3, -0.25) is 4.79 Å². The molecule has 0 bridgehead atoms. The Hall–Kier alpha value is -1.97. The van der Waals surface area contributed by atoms with E-state index in [-0.39, 0.29) is 50.3 Å². The van der Waals surface area contributed by atoms with Crippen molar-refractivity contribution >= 4 is 58.5 Å². The number of thiazole rings is 1. The van der Waals surface area contributed by atoms with E-state index in [2.05, 4.69) is 40.1 Å². The lowest BCUT2D eigenvalue weighted by Crippen LogP contribution is -2.48. The summed E-state index contributed by atoms with van der Waals surface area (Å²) in [5.41, 5.74) is 2.64. The van der Waals surface area contributed by atoms with E-state index in [0.29, 0.717) is 23.3 Å². The van der Waals surface area contributed by atoms with E-state index in [4.69, 9.17) is 19.2 Å². The Morgan fingerprint density at radius 2 is 2.00 bits per heavy atom. The molecule has 48 heavy (non-hydrogen) atoms. The molecule has 8 rings (SSSR count). The second-order valence-electron chi connectivity index (χ2n) is 13.6. The molecule has 13 heteroatoms. The summed E-state index contributed by atoms with van der Waals surface area (Å²) < 4.78 is 32.2. The highest BCUT2D eigenvalue weighted by Gasteiger charge is 2.65. The summed E-state index contributed by atoms with van der Waals surface area (Å²) in [6.45, 7) is 8.00. The van der Waals surface area contributed by atoms with Gasteiger partial charge in [-0.25, -0.2) is 13.7 Å². The number of nitrogens with one attached hydrogen (secondary N) is 2. The molecule has 2 aliphatic heterocycles. The van der Waals surface area contributed by atoms with Gasteiger partial charge in [-0.15, -0.1) is 0 Å². The zero-order chi connectivity index (χ0) is 33.0. The summed E-state index contributed by atoms with van der Waals surface area (Å²) in [6.07, 6.45) is 7.21. The number of aliphatic hydroxyl groups is 1. The molecule has 2 saturated heterocycles. The van der Waals surface area contributed by atoms with Crippen LogP contribution in [0.2, 0.25) is 0 Å². The maximum absolute atomic E-state index is 12.1. The summed E-state index contributed by atoms with van der Waals surface area (Å²) >= 11 is 3.59. The Morgan fingerprint density at radius 3 is 2.65 bits per heavy atom. The minimum atomic E-state index is -0.171. The second kappa shape index (κ2) is 16.8. The van der Waals surface area contributed by atoms with Gasteiger partial charge in [-0.2, -0.15) is 13.5 Å². The topological polar surface area (TPSA) is 105 Å². The zero-order valence-electron chi connectivity index (χ0n) is 27.9. The maximum atomic E-state index is 12.1. The van der Waals surface area contributed by atoms with Gasteiger partial charge in [0.2, 0.25) is 6.41 Å². The van der Waals surface area contributed by atoms with E-state index < -0.39 is 0 Å². The van der Waals surface area contributed by atoms with Crippen LogP contribution in [0.15, 0.2) is 47.4 Å². The SMILES string of the molecule is CC1(CN(CCCNC=O)Sc2ccc3nc(NC4CC4)sc3c2)CC1.COC1C(CO)C2OC3OCC1C32.Cc1ccc(F)cc1.S. The van der Waals surface area contributed by atoms with Gasteiger partial charge < -0.3 is 30.0 Å². The van der Waals surface area contributed by atoms with Crippen LogP contribution in [0.25, 0.3) is 10.2 Å². The number of carbonyl (C=O) groups excluding carboxylic acids is 1. The van der Waals surface area contributed by atoms with Crippen molar-refractivity contribution in [1.29, 1.82) is 0 Å². The Morgan fingerprint density at radius 1 is 1.23 bits per heavy atom. The van der Waals surface area contributed by atoms with Gasteiger partial charge >= 0.3 is 0 Å². The van der Waals surface area contributed by atoms with Crippen LogP contribution < -0.4 is 10.6 Å². The Labute approximate surface area is 298 Å². The molecule has 2 aromatic carbocycles. The lowest BCUT2D eigenvalue weighted by molar-refractivity contribution is -0.274. The molecule has 1 aromatic heterocycles. The maximum Gasteiger partial charge on any atom is 0.207 e. The molecule has 3 aromatic rings. The largest absolute Gasteiger partial charge is 0.396 e. The van der Waals surface area contributed by atoms with E-state index >= 15 is 0 Å². The average Bonchev–Trinajstić information content (AvgIpc) is 3.91. The van der Waals surface area contributed by atoms with Crippen molar-refractivity contribution in [1.82, 2.24) is 14.6 Å². The Bertz CT molecular complexity index is 1450. The van der Waals surface area contributed by atoms with Crippen LogP contribution >= 0.6 is 36.8 Å². The number of aliphatic hydroxyl groups excluding tert-OH is 1. The number of amides is 1. The van der Waals surface area contributed by atoms with Crippen LogP contribution in [0.1, 0.15) is 44.6 Å². The predicted octanol–water partition coefficient (Wildman–Crippen LogP) is 5.97. The average molecular weight is 721 g/mol. The van der Waals surface area contributed by atoms with E-state index in [1.807, 2.05) is 18.9 Å². The van der Waals surface area contributed by atoms with E-state index in [1.165, 1.54) is 47.4 Å². The molecule has 6 atom stereocenters. The molecule has 3 aliphatic carbocycles. The van der Waals surface area contributed by atoms with Crippen molar-refractivity contribution in [2.24, 2.45) is 23.2 Å². The second-order valence-corrected chi connectivity index (χ2v) is 15.8. The summed E-state index contributed by atoms with van der Waals surface area (Å²) in [4.78, 5) is 16.4. The van der Waals surface area contributed by atoms with Crippen molar-refractivity contribution in [3.8, 4) is 0 Å². The van der Waals surface area contributed by atoms with E-state index in [0.717, 1.165) is 55.3 Å². The zero-order valence-corrected chi connectivity index (χ0v) is 30.5. The fourth-order valence-corrected chi connectivity index (χ4v) is 8.81. The summed E-state index contributed by atoms with van der Waals surface area (Å²) in [6, 6.07) is 13.6. The van der Waals surface area contributed by atoms with Gasteiger partial charge in [0, 0.05) is 55.4 Å². The number of aromatic nitrogens is 1. The molecular formula is C35H49FN4O5S3. The number of aryl methyl sites for hydroxylation is 1. The molecule has 3 saturated carbocycles. The first-order valence-electron chi connectivity index (χ1n) is 16.7. The molecule has 264 valence electrons. The normalized spacial score (nSPS) is 27.0. The van der Waals surface area contributed by atoms with E-state index in [1.54, 1.807) is 30.6 Å². The number of carbonyl (C=O) groups is 1. The number of methoxy groups -OCH3 is 1. The van der Waals surface area contributed by atoms with Crippen molar-refractivity contribution in [3.05, 3.63) is 53.8 Å². The molecule has 6 unspecified atom stereocenters. The number of nitrogens with zero attached hydrogens (tertiary/aromatic N) is 2. The van der Waals surface area contributed by atoms with Gasteiger partial charge in [0.25, 0.3) is 0 Å². The lowest BCUT2D eigenvalue weighted by Gasteiger charge is -2.38. The predicted molar refractivity (Wildman–Crippen MR) is 194 cm³/mol.